The van der Waals surface area contributed by atoms with E-state index in [0.29, 0.717) is 42.9 Å². The number of fused-ring (bicyclic) bond motifs is 3. The number of hydrogen-bond acceptors (Lipinski definition) is 4. The zero-order valence-electron chi connectivity index (χ0n) is 12.8. The molecule has 0 spiro atoms. The normalized spacial score (nSPS) is 15.9. The van der Waals surface area contributed by atoms with Crippen LogP contribution in [-0.4, -0.2) is 60.5 Å². The molecule has 9 heteroatoms. The Bertz CT molecular complexity index is 922. The van der Waals surface area contributed by atoms with Crippen molar-refractivity contribution in [3.05, 3.63) is 30.4 Å². The molecule has 124 valence electrons. The number of aromatic nitrogens is 4. The summed E-state index contributed by atoms with van der Waals surface area (Å²) in [5.41, 5.74) is 2.60. The summed E-state index contributed by atoms with van der Waals surface area (Å²) in [6, 6.07) is 1.76. The van der Waals surface area contributed by atoms with Crippen molar-refractivity contribution in [3.63, 3.8) is 0 Å². The van der Waals surface area contributed by atoms with Crippen LogP contribution in [0.15, 0.2) is 24.7 Å². The van der Waals surface area contributed by atoms with E-state index >= 15 is 0 Å². The molecule has 0 bridgehead atoms. The Kier molecular flexibility index (Phi) is 3.33. The summed E-state index contributed by atoms with van der Waals surface area (Å²) in [4.78, 5) is 36.9. The second kappa shape index (κ2) is 5.52. The molecule has 4 heterocycles. The van der Waals surface area contributed by atoms with Crippen molar-refractivity contribution in [1.82, 2.24) is 29.6 Å². The maximum Gasteiger partial charge on any atom is 0.404 e. The molecule has 0 saturated carbocycles. The third-order valence-electron chi connectivity index (χ3n) is 4.37. The van der Waals surface area contributed by atoms with Crippen LogP contribution in [-0.2, 0) is 0 Å². The van der Waals surface area contributed by atoms with Crippen LogP contribution in [0, 0.1) is 0 Å². The summed E-state index contributed by atoms with van der Waals surface area (Å²) in [6.07, 6.45) is 5.15. The molecule has 1 aliphatic rings. The summed E-state index contributed by atoms with van der Waals surface area (Å²) in [5.74, 6) is -0.107. The van der Waals surface area contributed by atoms with E-state index in [-0.39, 0.29) is 11.9 Å². The second-order valence-electron chi connectivity index (χ2n) is 5.82. The number of piperidine rings is 1. The number of imidazole rings is 1. The van der Waals surface area contributed by atoms with E-state index in [1.807, 2.05) is 6.07 Å². The number of amides is 2. The Labute approximate surface area is 136 Å². The van der Waals surface area contributed by atoms with Crippen LogP contribution in [0.1, 0.15) is 23.3 Å². The Balaban J connectivity index is 1.60. The highest BCUT2D eigenvalue weighted by Crippen LogP contribution is 2.19. The van der Waals surface area contributed by atoms with Gasteiger partial charge < -0.3 is 20.3 Å². The highest BCUT2D eigenvalue weighted by molar-refractivity contribution is 5.95. The van der Waals surface area contributed by atoms with Crippen molar-refractivity contribution < 1.29 is 14.7 Å². The van der Waals surface area contributed by atoms with Crippen molar-refractivity contribution >= 4 is 28.8 Å². The Morgan fingerprint density at radius 2 is 2.04 bits per heavy atom. The molecule has 1 aliphatic heterocycles. The van der Waals surface area contributed by atoms with E-state index in [1.54, 1.807) is 27.9 Å². The van der Waals surface area contributed by atoms with Crippen molar-refractivity contribution in [1.29, 1.82) is 0 Å². The molecule has 3 aromatic heterocycles. The standard InChI is InChI=1S/C15H16N6O3/c22-14(20-5-2-9(3-6-20)19-15(23)24)11-7-17-12-8-18-13-10(21(11)12)1-4-16-13/h1,4,7-9,16,19H,2-3,5-6H2,(H,23,24). The Morgan fingerprint density at radius 3 is 2.79 bits per heavy atom. The van der Waals surface area contributed by atoms with Crippen LogP contribution in [0.4, 0.5) is 4.79 Å². The van der Waals surface area contributed by atoms with Gasteiger partial charge in [0.05, 0.1) is 17.9 Å². The molecule has 3 aromatic rings. The lowest BCUT2D eigenvalue weighted by atomic mass is 10.1. The van der Waals surface area contributed by atoms with Gasteiger partial charge in [-0.05, 0) is 18.9 Å². The molecule has 0 unspecified atom stereocenters. The number of carbonyl (C=O) groups is 2. The molecule has 3 N–H and O–H groups in total. The number of hydrogen-bond donors (Lipinski definition) is 3. The Morgan fingerprint density at radius 1 is 1.25 bits per heavy atom. The van der Waals surface area contributed by atoms with E-state index in [0.717, 1.165) is 5.52 Å². The zero-order chi connectivity index (χ0) is 16.7. The van der Waals surface area contributed by atoms with Crippen molar-refractivity contribution in [2.45, 2.75) is 18.9 Å². The number of aromatic amines is 1. The fourth-order valence-corrected chi connectivity index (χ4v) is 3.18. The van der Waals surface area contributed by atoms with Gasteiger partial charge in [-0.2, -0.15) is 0 Å². The lowest BCUT2D eigenvalue weighted by molar-refractivity contribution is 0.0699. The first kappa shape index (κ1) is 14.5. The topological polar surface area (TPSA) is 116 Å². The number of likely N-dealkylation sites (tertiary alicyclic amines) is 1. The fourth-order valence-electron chi connectivity index (χ4n) is 3.18. The lowest BCUT2D eigenvalue weighted by Crippen LogP contribution is -2.46. The highest BCUT2D eigenvalue weighted by Gasteiger charge is 2.26. The molecule has 9 nitrogen and oxygen atoms in total. The van der Waals surface area contributed by atoms with Gasteiger partial charge in [-0.1, -0.05) is 0 Å². The van der Waals surface area contributed by atoms with Gasteiger partial charge in [-0.15, -0.1) is 0 Å². The number of carbonyl (C=O) groups excluding carboxylic acids is 1. The summed E-state index contributed by atoms with van der Waals surface area (Å²) >= 11 is 0. The van der Waals surface area contributed by atoms with Gasteiger partial charge >= 0.3 is 6.09 Å². The van der Waals surface area contributed by atoms with Gasteiger partial charge in [0.25, 0.3) is 5.91 Å². The van der Waals surface area contributed by atoms with E-state index in [4.69, 9.17) is 5.11 Å². The second-order valence-corrected chi connectivity index (χ2v) is 5.82. The SMILES string of the molecule is O=C(O)NC1CCN(C(=O)c2cnc3cnc4[nH]ccc4n23)CC1. The first-order valence-electron chi connectivity index (χ1n) is 7.72. The predicted octanol–water partition coefficient (Wildman–Crippen LogP) is 1.08. The van der Waals surface area contributed by atoms with Gasteiger partial charge in [0, 0.05) is 25.3 Å². The average Bonchev–Trinajstić information content (AvgIpc) is 3.20. The largest absolute Gasteiger partial charge is 0.465 e. The van der Waals surface area contributed by atoms with Crippen LogP contribution in [0.3, 0.4) is 0 Å². The van der Waals surface area contributed by atoms with E-state index in [2.05, 4.69) is 20.3 Å². The van der Waals surface area contributed by atoms with Gasteiger partial charge in [0.15, 0.2) is 11.3 Å². The van der Waals surface area contributed by atoms with Crippen LogP contribution in [0.25, 0.3) is 16.8 Å². The molecule has 0 atom stereocenters. The van der Waals surface area contributed by atoms with Crippen molar-refractivity contribution in [3.8, 4) is 0 Å². The van der Waals surface area contributed by atoms with Gasteiger partial charge in [-0.3, -0.25) is 9.20 Å². The van der Waals surface area contributed by atoms with Crippen LogP contribution in [0.5, 0.6) is 0 Å². The molecular weight excluding hydrogens is 312 g/mol. The first-order valence-corrected chi connectivity index (χ1v) is 7.72. The smallest absolute Gasteiger partial charge is 0.404 e. The first-order chi connectivity index (χ1) is 11.6. The van der Waals surface area contributed by atoms with Gasteiger partial charge in [0.2, 0.25) is 0 Å². The molecule has 1 saturated heterocycles. The average molecular weight is 328 g/mol. The summed E-state index contributed by atoms with van der Waals surface area (Å²) in [7, 11) is 0. The number of nitrogens with zero attached hydrogens (tertiary/aromatic N) is 4. The molecule has 1 fully saturated rings. The zero-order valence-corrected chi connectivity index (χ0v) is 12.8. The van der Waals surface area contributed by atoms with Crippen molar-refractivity contribution in [2.75, 3.05) is 13.1 Å². The van der Waals surface area contributed by atoms with Gasteiger partial charge in [-0.25, -0.2) is 14.8 Å². The summed E-state index contributed by atoms with van der Waals surface area (Å²) in [6.45, 7) is 1.02. The molecule has 2 amide bonds. The number of carboxylic acid groups (broad SMARTS) is 1. The quantitative estimate of drug-likeness (QED) is 0.651. The summed E-state index contributed by atoms with van der Waals surface area (Å²) < 4.78 is 1.79. The predicted molar refractivity (Wildman–Crippen MR) is 84.9 cm³/mol. The van der Waals surface area contributed by atoms with Crippen LogP contribution < -0.4 is 5.32 Å². The third-order valence-corrected chi connectivity index (χ3v) is 4.37. The number of rotatable bonds is 2. The van der Waals surface area contributed by atoms with Crippen molar-refractivity contribution in [2.24, 2.45) is 0 Å². The highest BCUT2D eigenvalue weighted by atomic mass is 16.4. The fraction of sp³-hybridized carbons (Fsp3) is 0.333. The Hall–Kier alpha value is -3.10. The number of H-pyrrole nitrogens is 1. The molecule has 0 aromatic carbocycles. The maximum absolute atomic E-state index is 12.9. The lowest BCUT2D eigenvalue weighted by Gasteiger charge is -2.31. The maximum atomic E-state index is 12.9. The van der Waals surface area contributed by atoms with Crippen LogP contribution in [0.2, 0.25) is 0 Å². The number of nitrogens with one attached hydrogen (secondary N) is 2. The molecular formula is C15H16N6O3. The van der Waals surface area contributed by atoms with Gasteiger partial charge in [0.1, 0.15) is 5.69 Å². The minimum absolute atomic E-state index is 0.102. The monoisotopic (exact) mass is 328 g/mol. The summed E-state index contributed by atoms with van der Waals surface area (Å²) in [5, 5.41) is 11.3. The minimum Gasteiger partial charge on any atom is -0.465 e. The molecule has 4 rings (SSSR count). The van der Waals surface area contributed by atoms with E-state index in [9.17, 15) is 9.59 Å². The molecule has 0 aliphatic carbocycles. The van der Waals surface area contributed by atoms with E-state index in [1.165, 1.54) is 0 Å². The minimum atomic E-state index is -1.02. The molecule has 24 heavy (non-hydrogen) atoms. The third kappa shape index (κ3) is 2.34. The molecule has 0 radical (unpaired) electrons. The van der Waals surface area contributed by atoms with E-state index < -0.39 is 6.09 Å². The van der Waals surface area contributed by atoms with Crippen LogP contribution >= 0.6 is 0 Å².